The predicted octanol–water partition coefficient (Wildman–Crippen LogP) is 5.84. The summed E-state index contributed by atoms with van der Waals surface area (Å²) in [6.45, 7) is 4.72. The van der Waals surface area contributed by atoms with Gasteiger partial charge in [-0.3, -0.25) is 4.79 Å². The zero-order chi connectivity index (χ0) is 33.8. The molecule has 9 nitrogen and oxygen atoms in total. The van der Waals surface area contributed by atoms with Crippen LogP contribution in [-0.4, -0.2) is 70.5 Å². The first-order chi connectivity index (χ1) is 23.4. The summed E-state index contributed by atoms with van der Waals surface area (Å²) in [5.74, 6) is -0.303. The van der Waals surface area contributed by atoms with Crippen molar-refractivity contribution in [2.75, 3.05) is 39.3 Å². The van der Waals surface area contributed by atoms with Crippen molar-refractivity contribution in [2.24, 2.45) is 5.92 Å². The lowest BCUT2D eigenvalue weighted by molar-refractivity contribution is -0.164. The summed E-state index contributed by atoms with van der Waals surface area (Å²) in [5.41, 5.74) is 0.0180. The van der Waals surface area contributed by atoms with Crippen molar-refractivity contribution in [1.29, 1.82) is 0 Å². The smallest absolute Gasteiger partial charge is 0.347 e. The molecule has 2 aromatic carbocycles. The number of aromatic nitrogens is 1. The minimum Gasteiger partial charge on any atom is -0.506 e. The number of likely N-dealkylation sites (tertiary alicyclic amines) is 1. The summed E-state index contributed by atoms with van der Waals surface area (Å²) in [6.07, 6.45) is 9.57. The Hall–Kier alpha value is -3.54. The Morgan fingerprint density at radius 1 is 0.958 bits per heavy atom. The molecule has 10 heteroatoms. The van der Waals surface area contributed by atoms with Crippen LogP contribution in [0.3, 0.4) is 0 Å². The second kappa shape index (κ2) is 17.7. The number of aliphatic hydroxyl groups is 2. The van der Waals surface area contributed by atoms with Gasteiger partial charge >= 0.3 is 5.97 Å². The minimum atomic E-state index is -1.79. The molecule has 0 bridgehead atoms. The summed E-state index contributed by atoms with van der Waals surface area (Å²) in [7, 11) is 0. The summed E-state index contributed by atoms with van der Waals surface area (Å²) in [6, 6.07) is 17.1. The fourth-order valence-electron chi connectivity index (χ4n) is 6.59. The number of fused-ring (bicyclic) bond motifs is 1. The summed E-state index contributed by atoms with van der Waals surface area (Å²) in [4.78, 5) is 30.0. The van der Waals surface area contributed by atoms with Gasteiger partial charge in [0.15, 0.2) is 0 Å². The van der Waals surface area contributed by atoms with Crippen LogP contribution in [0, 0.1) is 5.92 Å². The predicted molar refractivity (Wildman–Crippen MR) is 190 cm³/mol. The van der Waals surface area contributed by atoms with E-state index in [9.17, 15) is 24.9 Å². The van der Waals surface area contributed by atoms with Crippen molar-refractivity contribution < 1.29 is 24.9 Å². The molecule has 0 amide bonds. The van der Waals surface area contributed by atoms with E-state index >= 15 is 0 Å². The van der Waals surface area contributed by atoms with Crippen molar-refractivity contribution >= 4 is 28.2 Å². The SMILES string of the molecule is O=C(OCC1CCN(CCCCCCCCCNC[C@H](O)c2ccc(O)c3[nH]c(=O)ccc23)CC1)C(O)(c1ccccc1)c1ccsc1. The second-order valence-electron chi connectivity index (χ2n) is 13.0. The zero-order valence-electron chi connectivity index (χ0n) is 27.6. The lowest BCUT2D eigenvalue weighted by Crippen LogP contribution is -2.40. The number of benzene rings is 2. The number of phenolic OH excluding ortho intramolecular Hbond substituents is 1. The number of esters is 1. The fraction of sp³-hybridized carbons (Fsp3) is 0.474. The van der Waals surface area contributed by atoms with Gasteiger partial charge in [0.05, 0.1) is 18.2 Å². The molecule has 0 radical (unpaired) electrons. The number of nitrogens with one attached hydrogen (secondary N) is 2. The summed E-state index contributed by atoms with van der Waals surface area (Å²) in [5, 5.41) is 39.9. The van der Waals surface area contributed by atoms with Crippen molar-refractivity contribution in [2.45, 2.75) is 69.5 Å². The number of rotatable bonds is 18. The van der Waals surface area contributed by atoms with Crippen LogP contribution in [0.15, 0.2) is 76.2 Å². The minimum absolute atomic E-state index is 0.00570. The number of carbonyl (C=O) groups excluding carboxylic acids is 1. The van der Waals surface area contributed by atoms with Gasteiger partial charge in [-0.2, -0.15) is 11.3 Å². The number of thiophene rings is 1. The third-order valence-corrected chi connectivity index (χ3v) is 10.2. The van der Waals surface area contributed by atoms with E-state index in [0.717, 1.165) is 51.9 Å². The number of aromatic amines is 1. The fourth-order valence-corrected chi connectivity index (χ4v) is 7.29. The molecule has 3 heterocycles. The number of ether oxygens (including phenoxy) is 1. The number of phenols is 1. The molecule has 5 rings (SSSR count). The molecule has 0 spiro atoms. The topological polar surface area (TPSA) is 135 Å². The summed E-state index contributed by atoms with van der Waals surface area (Å²) < 4.78 is 5.74. The van der Waals surface area contributed by atoms with Gasteiger partial charge in [0, 0.05) is 23.6 Å². The van der Waals surface area contributed by atoms with Gasteiger partial charge in [-0.15, -0.1) is 0 Å². The number of piperidine rings is 1. The van der Waals surface area contributed by atoms with Crippen molar-refractivity contribution in [3.05, 3.63) is 98.5 Å². The first kappa shape index (κ1) is 35.8. The highest BCUT2D eigenvalue weighted by atomic mass is 32.1. The maximum Gasteiger partial charge on any atom is 0.347 e. The number of hydrogen-bond acceptors (Lipinski definition) is 9. The number of aliphatic hydroxyl groups excluding tert-OH is 1. The van der Waals surface area contributed by atoms with E-state index in [2.05, 4.69) is 15.2 Å². The van der Waals surface area contributed by atoms with Crippen LogP contribution < -0.4 is 10.9 Å². The normalized spacial score (nSPS) is 16.1. The number of unbranched alkanes of at least 4 members (excludes halogenated alkanes) is 6. The molecule has 258 valence electrons. The number of aromatic hydroxyl groups is 1. The number of pyridine rings is 1. The molecular weight excluding hydrogens is 627 g/mol. The molecule has 0 saturated carbocycles. The van der Waals surface area contributed by atoms with E-state index < -0.39 is 17.7 Å². The Morgan fingerprint density at radius 3 is 2.42 bits per heavy atom. The van der Waals surface area contributed by atoms with E-state index in [-0.39, 0.29) is 11.3 Å². The van der Waals surface area contributed by atoms with Crippen LogP contribution in [0.4, 0.5) is 0 Å². The number of H-pyrrole nitrogens is 1. The van der Waals surface area contributed by atoms with Gasteiger partial charge < -0.3 is 35.3 Å². The Kier molecular flexibility index (Phi) is 13.2. The molecule has 1 saturated heterocycles. The Balaban J connectivity index is 0.888. The molecule has 1 unspecified atom stereocenters. The quantitative estimate of drug-likeness (QED) is 0.0656. The zero-order valence-corrected chi connectivity index (χ0v) is 28.4. The molecule has 0 aliphatic carbocycles. The first-order valence-electron chi connectivity index (χ1n) is 17.3. The summed E-state index contributed by atoms with van der Waals surface area (Å²) >= 11 is 1.45. The molecule has 1 fully saturated rings. The van der Waals surface area contributed by atoms with Crippen LogP contribution in [0.5, 0.6) is 5.75 Å². The van der Waals surface area contributed by atoms with Gasteiger partial charge in [0.2, 0.25) is 11.2 Å². The molecule has 1 aliphatic rings. The lowest BCUT2D eigenvalue weighted by atomic mass is 9.88. The van der Waals surface area contributed by atoms with Crippen LogP contribution in [0.25, 0.3) is 10.9 Å². The number of hydrogen-bond donors (Lipinski definition) is 5. The number of nitrogens with zero attached hydrogens (tertiary/aromatic N) is 1. The molecule has 4 aromatic rings. The van der Waals surface area contributed by atoms with E-state index in [4.69, 9.17) is 4.74 Å². The molecule has 2 atom stereocenters. The molecule has 48 heavy (non-hydrogen) atoms. The lowest BCUT2D eigenvalue weighted by Gasteiger charge is -2.32. The van der Waals surface area contributed by atoms with Gasteiger partial charge in [0.25, 0.3) is 0 Å². The molecular formula is C38H49N3O6S. The second-order valence-corrected chi connectivity index (χ2v) is 13.7. The highest BCUT2D eigenvalue weighted by Gasteiger charge is 2.42. The number of carbonyl (C=O) groups is 1. The average Bonchev–Trinajstić information content (AvgIpc) is 3.66. The first-order valence-corrected chi connectivity index (χ1v) is 18.2. The molecule has 2 aromatic heterocycles. The van der Waals surface area contributed by atoms with Gasteiger partial charge in [-0.1, -0.05) is 68.5 Å². The van der Waals surface area contributed by atoms with E-state index in [1.807, 2.05) is 23.6 Å². The highest BCUT2D eigenvalue weighted by molar-refractivity contribution is 7.08. The Labute approximate surface area is 286 Å². The van der Waals surface area contributed by atoms with Gasteiger partial charge in [-0.25, -0.2) is 4.79 Å². The van der Waals surface area contributed by atoms with Crippen LogP contribution in [-0.2, 0) is 15.1 Å². The van der Waals surface area contributed by atoms with Gasteiger partial charge in [0.1, 0.15) is 5.75 Å². The largest absolute Gasteiger partial charge is 0.506 e. The van der Waals surface area contributed by atoms with Crippen molar-refractivity contribution in [3.63, 3.8) is 0 Å². The van der Waals surface area contributed by atoms with E-state index in [0.29, 0.717) is 46.7 Å². The third-order valence-electron chi connectivity index (χ3n) is 9.51. The monoisotopic (exact) mass is 675 g/mol. The van der Waals surface area contributed by atoms with Crippen molar-refractivity contribution in [3.8, 4) is 5.75 Å². The van der Waals surface area contributed by atoms with Crippen LogP contribution in [0.1, 0.15) is 80.6 Å². The molecule has 5 N–H and O–H groups in total. The maximum atomic E-state index is 13.2. The van der Waals surface area contributed by atoms with Crippen LogP contribution in [0.2, 0.25) is 0 Å². The highest BCUT2D eigenvalue weighted by Crippen LogP contribution is 2.33. The molecule has 1 aliphatic heterocycles. The third kappa shape index (κ3) is 9.33. The van der Waals surface area contributed by atoms with Gasteiger partial charge in [-0.05, 0) is 97.9 Å². The van der Waals surface area contributed by atoms with Crippen LogP contribution >= 0.6 is 11.3 Å². The van der Waals surface area contributed by atoms with E-state index in [1.165, 1.54) is 55.6 Å². The average molecular weight is 676 g/mol. The Morgan fingerprint density at radius 2 is 1.69 bits per heavy atom. The standard InChI is InChI=1S/C38H49N3O6S/c42-33-15-13-31(32-14-16-35(44)40-36(32)33)34(43)25-39-20-9-4-2-1-3-5-10-21-41-22-17-28(18-23-41)26-47-37(45)38(46,30-19-24-48-27-30)29-11-7-6-8-12-29/h6-8,11-16,19,24,27-28,34,39,42-43,46H,1-5,9-10,17-18,20-23,25-26H2,(H,40,44)/t34-,38?/m0/s1. The van der Waals surface area contributed by atoms with E-state index in [1.54, 1.807) is 35.7 Å². The maximum absolute atomic E-state index is 13.2. The van der Waals surface area contributed by atoms with Crippen molar-refractivity contribution in [1.82, 2.24) is 15.2 Å². The Bertz CT molecular complexity index is 1620.